The Bertz CT molecular complexity index is 899. The molecule has 146 valence electrons. The highest BCUT2D eigenvalue weighted by Crippen LogP contribution is 2.31. The molecular formula is C20H20N2O6. The summed E-state index contributed by atoms with van der Waals surface area (Å²) in [6.45, 7) is 2.33. The number of carboxylic acids is 1. The molecule has 2 atom stereocenters. The largest absolute Gasteiger partial charge is 0.481 e. The van der Waals surface area contributed by atoms with Crippen LogP contribution in [0.5, 0.6) is 11.5 Å². The summed E-state index contributed by atoms with van der Waals surface area (Å²) in [7, 11) is 0. The number of amides is 1. The van der Waals surface area contributed by atoms with Crippen molar-refractivity contribution in [2.75, 3.05) is 13.1 Å². The van der Waals surface area contributed by atoms with Crippen LogP contribution in [0.3, 0.4) is 0 Å². The molecule has 8 heteroatoms. The van der Waals surface area contributed by atoms with Gasteiger partial charge in [-0.1, -0.05) is 25.1 Å². The first kappa shape index (κ1) is 19.3. The molecule has 28 heavy (non-hydrogen) atoms. The van der Waals surface area contributed by atoms with E-state index in [4.69, 9.17) is 4.74 Å². The van der Waals surface area contributed by atoms with Crippen LogP contribution in [0, 0.1) is 22.0 Å². The van der Waals surface area contributed by atoms with Crippen LogP contribution >= 0.6 is 0 Å². The van der Waals surface area contributed by atoms with Crippen molar-refractivity contribution in [2.45, 2.75) is 13.3 Å². The number of aliphatic carboxylic acids is 1. The summed E-state index contributed by atoms with van der Waals surface area (Å²) in [5.74, 6) is -1.41. The molecule has 0 aliphatic carbocycles. The van der Waals surface area contributed by atoms with Gasteiger partial charge in [0.1, 0.15) is 11.5 Å². The third kappa shape index (κ3) is 4.28. The zero-order chi connectivity index (χ0) is 20.3. The zero-order valence-corrected chi connectivity index (χ0v) is 15.3. The fraction of sp³-hybridized carbons (Fsp3) is 0.300. The molecule has 0 radical (unpaired) electrons. The van der Waals surface area contributed by atoms with Crippen LogP contribution in [0.25, 0.3) is 0 Å². The summed E-state index contributed by atoms with van der Waals surface area (Å²) in [5, 5.41) is 20.5. The van der Waals surface area contributed by atoms with E-state index in [2.05, 4.69) is 0 Å². The minimum absolute atomic E-state index is 0.0102. The standard InChI is InChI=1S/C20H20N2O6/c1-13-9-14(20(24)25)12-21(11-13)19(23)17-10-15(22(26)27)7-8-18(17)28-16-5-3-2-4-6-16/h2-8,10,13-14H,9,11-12H2,1H3,(H,24,25). The minimum atomic E-state index is -0.954. The van der Waals surface area contributed by atoms with Crippen molar-refractivity contribution in [3.05, 3.63) is 64.2 Å². The van der Waals surface area contributed by atoms with E-state index in [-0.39, 0.29) is 29.5 Å². The zero-order valence-electron chi connectivity index (χ0n) is 15.3. The quantitative estimate of drug-likeness (QED) is 0.623. The molecule has 1 N–H and O–H groups in total. The first-order valence-corrected chi connectivity index (χ1v) is 8.88. The molecule has 3 rings (SSSR count). The molecule has 1 saturated heterocycles. The molecule has 1 fully saturated rings. The number of non-ortho nitro benzene ring substituents is 1. The summed E-state index contributed by atoms with van der Waals surface area (Å²) in [6.07, 6.45) is 0.488. The van der Waals surface area contributed by atoms with Crippen LogP contribution in [-0.2, 0) is 4.79 Å². The smallest absolute Gasteiger partial charge is 0.308 e. The second-order valence-corrected chi connectivity index (χ2v) is 6.94. The number of nitro benzene ring substituents is 1. The molecule has 1 heterocycles. The molecule has 2 aromatic carbocycles. The number of nitrogens with zero attached hydrogens (tertiary/aromatic N) is 2. The van der Waals surface area contributed by atoms with E-state index in [1.807, 2.05) is 13.0 Å². The molecule has 2 aromatic rings. The fourth-order valence-electron chi connectivity index (χ4n) is 3.37. The average molecular weight is 384 g/mol. The van der Waals surface area contributed by atoms with Crippen molar-refractivity contribution in [2.24, 2.45) is 11.8 Å². The molecule has 0 saturated carbocycles. The number of carboxylic acid groups (broad SMARTS) is 1. The van der Waals surface area contributed by atoms with Crippen molar-refractivity contribution < 1.29 is 24.4 Å². The molecule has 0 spiro atoms. The number of benzene rings is 2. The van der Waals surface area contributed by atoms with Gasteiger partial charge in [-0.25, -0.2) is 0 Å². The Labute approximate surface area is 161 Å². The van der Waals surface area contributed by atoms with Gasteiger partial charge in [-0.2, -0.15) is 0 Å². The van der Waals surface area contributed by atoms with E-state index in [1.165, 1.54) is 23.1 Å². The number of piperidine rings is 1. The highest BCUT2D eigenvalue weighted by molar-refractivity contribution is 5.98. The first-order valence-electron chi connectivity index (χ1n) is 8.88. The third-order valence-electron chi connectivity index (χ3n) is 4.67. The highest BCUT2D eigenvalue weighted by Gasteiger charge is 2.33. The SMILES string of the molecule is CC1CC(C(=O)O)CN(C(=O)c2cc([N+](=O)[O-])ccc2Oc2ccccc2)C1. The van der Waals surface area contributed by atoms with Crippen LogP contribution in [0.4, 0.5) is 5.69 Å². The van der Waals surface area contributed by atoms with Gasteiger partial charge < -0.3 is 14.7 Å². The number of carbonyl (C=O) groups is 2. The number of hydrogen-bond donors (Lipinski definition) is 1. The lowest BCUT2D eigenvalue weighted by Gasteiger charge is -2.34. The Morgan fingerprint density at radius 2 is 1.89 bits per heavy atom. The van der Waals surface area contributed by atoms with Crippen molar-refractivity contribution in [3.63, 3.8) is 0 Å². The third-order valence-corrected chi connectivity index (χ3v) is 4.67. The molecule has 2 unspecified atom stereocenters. The second-order valence-electron chi connectivity index (χ2n) is 6.94. The van der Waals surface area contributed by atoms with E-state index in [1.54, 1.807) is 24.3 Å². The Balaban J connectivity index is 1.95. The van der Waals surface area contributed by atoms with Gasteiger partial charge in [0.2, 0.25) is 0 Å². The van der Waals surface area contributed by atoms with Crippen LogP contribution in [0.15, 0.2) is 48.5 Å². The fourth-order valence-corrected chi connectivity index (χ4v) is 3.37. The molecule has 1 aliphatic heterocycles. The Morgan fingerprint density at radius 1 is 1.18 bits per heavy atom. The van der Waals surface area contributed by atoms with Crippen molar-refractivity contribution in [1.82, 2.24) is 4.90 Å². The summed E-state index contributed by atoms with van der Waals surface area (Å²) < 4.78 is 5.77. The van der Waals surface area contributed by atoms with Gasteiger partial charge in [0, 0.05) is 25.2 Å². The summed E-state index contributed by atoms with van der Waals surface area (Å²) in [4.78, 5) is 36.6. The lowest BCUT2D eigenvalue weighted by atomic mass is 9.90. The van der Waals surface area contributed by atoms with E-state index in [9.17, 15) is 24.8 Å². The summed E-state index contributed by atoms with van der Waals surface area (Å²) >= 11 is 0. The number of ether oxygens (including phenoxy) is 1. The van der Waals surface area contributed by atoms with Gasteiger partial charge in [-0.05, 0) is 30.5 Å². The Hall–Kier alpha value is -3.42. The lowest BCUT2D eigenvalue weighted by molar-refractivity contribution is -0.384. The van der Waals surface area contributed by atoms with Crippen LogP contribution in [-0.4, -0.2) is 39.9 Å². The number of hydrogen-bond acceptors (Lipinski definition) is 5. The molecule has 0 bridgehead atoms. The van der Waals surface area contributed by atoms with E-state index < -0.39 is 22.7 Å². The highest BCUT2D eigenvalue weighted by atomic mass is 16.6. The molecule has 1 amide bonds. The average Bonchev–Trinajstić information content (AvgIpc) is 2.68. The predicted octanol–water partition coefficient (Wildman–Crippen LogP) is 3.57. The predicted molar refractivity (Wildman–Crippen MR) is 100 cm³/mol. The van der Waals surface area contributed by atoms with E-state index in [0.29, 0.717) is 18.7 Å². The molecule has 0 aromatic heterocycles. The van der Waals surface area contributed by atoms with E-state index in [0.717, 1.165) is 0 Å². The molecule has 1 aliphatic rings. The monoisotopic (exact) mass is 384 g/mol. The van der Waals surface area contributed by atoms with Gasteiger partial charge in [0.05, 0.1) is 16.4 Å². The van der Waals surface area contributed by atoms with E-state index >= 15 is 0 Å². The van der Waals surface area contributed by atoms with Gasteiger partial charge in [0.25, 0.3) is 11.6 Å². The maximum atomic E-state index is 13.1. The van der Waals surface area contributed by atoms with Crippen molar-refractivity contribution in [1.29, 1.82) is 0 Å². The maximum absolute atomic E-state index is 13.1. The molecule has 8 nitrogen and oxygen atoms in total. The van der Waals surface area contributed by atoms with Gasteiger partial charge in [-0.15, -0.1) is 0 Å². The second kappa shape index (κ2) is 8.08. The lowest BCUT2D eigenvalue weighted by Crippen LogP contribution is -2.45. The minimum Gasteiger partial charge on any atom is -0.481 e. The van der Waals surface area contributed by atoms with Gasteiger partial charge in [-0.3, -0.25) is 19.7 Å². The number of rotatable bonds is 5. The van der Waals surface area contributed by atoms with Gasteiger partial charge >= 0.3 is 5.97 Å². The van der Waals surface area contributed by atoms with Crippen LogP contribution < -0.4 is 4.74 Å². The summed E-state index contributed by atoms with van der Waals surface area (Å²) in [6, 6.07) is 12.6. The van der Waals surface area contributed by atoms with Crippen molar-refractivity contribution in [3.8, 4) is 11.5 Å². The molecular weight excluding hydrogens is 364 g/mol. The first-order chi connectivity index (χ1) is 13.3. The van der Waals surface area contributed by atoms with Crippen LogP contribution in [0.1, 0.15) is 23.7 Å². The number of likely N-dealkylation sites (tertiary alicyclic amines) is 1. The summed E-state index contributed by atoms with van der Waals surface area (Å²) in [5.41, 5.74) is -0.195. The van der Waals surface area contributed by atoms with Crippen molar-refractivity contribution >= 4 is 17.6 Å². The number of nitro groups is 1. The number of carbonyl (C=O) groups excluding carboxylic acids is 1. The Kier molecular flexibility index (Phi) is 5.58. The van der Waals surface area contributed by atoms with Crippen LogP contribution in [0.2, 0.25) is 0 Å². The Morgan fingerprint density at radius 3 is 2.54 bits per heavy atom. The topological polar surface area (TPSA) is 110 Å². The normalized spacial score (nSPS) is 19.1. The number of para-hydroxylation sites is 1. The van der Waals surface area contributed by atoms with Gasteiger partial charge in [0.15, 0.2) is 0 Å². The maximum Gasteiger partial charge on any atom is 0.308 e.